The van der Waals surface area contributed by atoms with Gasteiger partial charge in [0.1, 0.15) is 12.1 Å². The molecule has 4 rings (SSSR count). The van der Waals surface area contributed by atoms with Gasteiger partial charge >= 0.3 is 5.97 Å². The number of aldehydes is 1. The quantitative estimate of drug-likeness (QED) is 0.183. The van der Waals surface area contributed by atoms with Crippen LogP contribution < -0.4 is 5.73 Å². The van der Waals surface area contributed by atoms with E-state index in [1.165, 1.54) is 11.1 Å². The Bertz CT molecular complexity index is 1560. The molecule has 3 N–H and O–H groups in total. The highest BCUT2D eigenvalue weighted by Gasteiger charge is 2.34. The standard InChI is InChI=1S/C26H26ClN3O3.C9H12.C2H6/c1-15-13-20(27)10-11-21(15)16(2)25-29-17(3)23(24(28)30-25)26(4,14-31)19-8-5-18(6-9-19)7-12-22(32)33;1-3-9-6-4-8(2)5-7-9;1-2/h5-6,8-11,13-14H,2,7,12H2,1,3-4H3,(H,32,33)(H2,28,29,30);4-7H,3H2,1-2H3;1-2H3/t26-;;/m0../s1. The van der Waals surface area contributed by atoms with Crippen molar-refractivity contribution in [2.75, 3.05) is 5.73 Å². The normalized spacial score (nSPS) is 11.6. The molecule has 7 heteroatoms. The Morgan fingerprint density at radius 2 is 1.57 bits per heavy atom. The van der Waals surface area contributed by atoms with E-state index in [-0.39, 0.29) is 12.2 Å². The average molecular weight is 614 g/mol. The molecule has 0 amide bonds. The molecule has 0 aliphatic rings. The highest BCUT2D eigenvalue weighted by Crippen LogP contribution is 2.36. The Morgan fingerprint density at radius 1 is 0.977 bits per heavy atom. The van der Waals surface area contributed by atoms with Gasteiger partial charge in [-0.25, -0.2) is 9.97 Å². The van der Waals surface area contributed by atoms with Gasteiger partial charge < -0.3 is 15.6 Å². The van der Waals surface area contributed by atoms with Crippen LogP contribution in [0.2, 0.25) is 5.02 Å². The lowest BCUT2D eigenvalue weighted by Crippen LogP contribution is -2.29. The smallest absolute Gasteiger partial charge is 0.303 e. The zero-order valence-corrected chi connectivity index (χ0v) is 27.6. The van der Waals surface area contributed by atoms with Crippen LogP contribution in [0.5, 0.6) is 0 Å². The highest BCUT2D eigenvalue weighted by atomic mass is 35.5. The monoisotopic (exact) mass is 613 g/mol. The lowest BCUT2D eigenvalue weighted by atomic mass is 9.76. The number of carboxylic acids is 1. The van der Waals surface area contributed by atoms with Crippen LogP contribution in [0.15, 0.2) is 73.3 Å². The number of aryl methyl sites for hydroxylation is 5. The minimum Gasteiger partial charge on any atom is -0.481 e. The van der Waals surface area contributed by atoms with Gasteiger partial charge in [0.05, 0.1) is 5.41 Å². The van der Waals surface area contributed by atoms with Gasteiger partial charge in [-0.2, -0.15) is 0 Å². The maximum Gasteiger partial charge on any atom is 0.303 e. The van der Waals surface area contributed by atoms with Crippen LogP contribution in [0.1, 0.15) is 84.6 Å². The van der Waals surface area contributed by atoms with E-state index in [1.54, 1.807) is 19.9 Å². The van der Waals surface area contributed by atoms with Crippen molar-refractivity contribution in [2.24, 2.45) is 0 Å². The Hall–Kier alpha value is -4.29. The van der Waals surface area contributed by atoms with E-state index in [1.807, 2.05) is 57.2 Å². The second-order valence-corrected chi connectivity index (χ2v) is 11.0. The number of carbonyl (C=O) groups is 2. The summed E-state index contributed by atoms with van der Waals surface area (Å²) in [7, 11) is 0. The van der Waals surface area contributed by atoms with E-state index in [0.29, 0.717) is 34.1 Å². The van der Waals surface area contributed by atoms with Gasteiger partial charge in [0.2, 0.25) is 0 Å². The molecule has 0 aliphatic heterocycles. The molecule has 0 bridgehead atoms. The fraction of sp³-hybridized carbons (Fsp3) is 0.297. The van der Waals surface area contributed by atoms with Crippen molar-refractivity contribution in [3.05, 3.63) is 129 Å². The number of rotatable bonds is 9. The van der Waals surface area contributed by atoms with Crippen molar-refractivity contribution < 1.29 is 14.7 Å². The minimum atomic E-state index is -1.07. The minimum absolute atomic E-state index is 0.0443. The van der Waals surface area contributed by atoms with E-state index in [2.05, 4.69) is 54.7 Å². The van der Waals surface area contributed by atoms with Gasteiger partial charge in [-0.15, -0.1) is 0 Å². The van der Waals surface area contributed by atoms with Crippen molar-refractivity contribution in [3.63, 3.8) is 0 Å². The predicted molar refractivity (Wildman–Crippen MR) is 182 cm³/mol. The van der Waals surface area contributed by atoms with Gasteiger partial charge in [0, 0.05) is 28.3 Å². The molecule has 0 aliphatic carbocycles. The largest absolute Gasteiger partial charge is 0.481 e. The van der Waals surface area contributed by atoms with Gasteiger partial charge in [0.25, 0.3) is 0 Å². The van der Waals surface area contributed by atoms with E-state index in [9.17, 15) is 9.59 Å². The molecule has 1 atom stereocenters. The molecule has 44 heavy (non-hydrogen) atoms. The van der Waals surface area contributed by atoms with Crippen molar-refractivity contribution >= 4 is 35.2 Å². The number of nitrogens with two attached hydrogens (primary N) is 1. The molecule has 0 spiro atoms. The summed E-state index contributed by atoms with van der Waals surface area (Å²) in [5.74, 6) is -0.265. The van der Waals surface area contributed by atoms with Crippen LogP contribution in [-0.2, 0) is 27.8 Å². The van der Waals surface area contributed by atoms with Crippen LogP contribution >= 0.6 is 11.6 Å². The summed E-state index contributed by atoms with van der Waals surface area (Å²) in [4.78, 5) is 32.3. The number of hydrogen-bond donors (Lipinski definition) is 2. The van der Waals surface area contributed by atoms with Gasteiger partial charge in [-0.1, -0.05) is 99.1 Å². The van der Waals surface area contributed by atoms with Gasteiger partial charge in [-0.3, -0.25) is 4.79 Å². The summed E-state index contributed by atoms with van der Waals surface area (Å²) < 4.78 is 0. The number of carbonyl (C=O) groups excluding carboxylic acids is 1. The first-order valence-corrected chi connectivity index (χ1v) is 15.2. The lowest BCUT2D eigenvalue weighted by Gasteiger charge is -2.27. The number of nitrogens with zero attached hydrogens (tertiary/aromatic N) is 2. The van der Waals surface area contributed by atoms with E-state index < -0.39 is 11.4 Å². The Morgan fingerprint density at radius 3 is 2.07 bits per heavy atom. The number of halogens is 1. The summed E-state index contributed by atoms with van der Waals surface area (Å²) in [5.41, 5.74) is 13.2. The van der Waals surface area contributed by atoms with Crippen molar-refractivity contribution in [1.29, 1.82) is 0 Å². The number of aliphatic carboxylic acids is 1. The third-order valence-corrected chi connectivity index (χ3v) is 7.60. The summed E-state index contributed by atoms with van der Waals surface area (Å²) in [6.07, 6.45) is 2.43. The van der Waals surface area contributed by atoms with Crippen LogP contribution in [0.3, 0.4) is 0 Å². The molecule has 0 radical (unpaired) electrons. The molecule has 0 saturated carbocycles. The van der Waals surface area contributed by atoms with Gasteiger partial charge in [0.15, 0.2) is 5.82 Å². The Kier molecular flexibility index (Phi) is 13.5. The summed E-state index contributed by atoms with van der Waals surface area (Å²) >= 11 is 6.06. The molecule has 4 aromatic rings. The molecule has 0 saturated heterocycles. The topological polar surface area (TPSA) is 106 Å². The Balaban J connectivity index is 0.000000519. The molecular weight excluding hydrogens is 570 g/mol. The molecular formula is C37H44ClN3O3. The summed E-state index contributed by atoms with van der Waals surface area (Å²) in [5, 5.41) is 9.51. The average Bonchev–Trinajstić information content (AvgIpc) is 3.01. The molecule has 1 heterocycles. The Labute approximate surface area is 267 Å². The molecule has 0 fully saturated rings. The number of carboxylic acid groups (broad SMARTS) is 1. The molecule has 3 aromatic carbocycles. The van der Waals surface area contributed by atoms with Gasteiger partial charge in [-0.05, 0) is 80.5 Å². The predicted octanol–water partition coefficient (Wildman–Crippen LogP) is 8.50. The van der Waals surface area contributed by atoms with Crippen molar-refractivity contribution in [1.82, 2.24) is 9.97 Å². The summed E-state index contributed by atoms with van der Waals surface area (Å²) in [6.45, 7) is 17.9. The fourth-order valence-electron chi connectivity index (χ4n) is 4.82. The first-order chi connectivity index (χ1) is 20.9. The van der Waals surface area contributed by atoms with Crippen LogP contribution in [-0.4, -0.2) is 27.3 Å². The number of hydrogen-bond acceptors (Lipinski definition) is 5. The lowest BCUT2D eigenvalue weighted by molar-refractivity contribution is -0.137. The van der Waals surface area contributed by atoms with E-state index in [4.69, 9.17) is 22.4 Å². The number of nitrogen functional groups attached to an aromatic ring is 1. The maximum atomic E-state index is 12.3. The van der Waals surface area contributed by atoms with Crippen LogP contribution in [0.25, 0.3) is 5.57 Å². The van der Waals surface area contributed by atoms with Crippen molar-refractivity contribution in [2.45, 2.75) is 73.1 Å². The SMILES string of the molecule is C=C(c1nc(C)c([C@@](C)(C=O)c2ccc(CCC(=O)O)cc2)c(N)n1)c1ccc(Cl)cc1C.CC.CCc1ccc(C)cc1. The van der Waals surface area contributed by atoms with Crippen molar-refractivity contribution in [3.8, 4) is 0 Å². The number of benzene rings is 3. The first-order valence-electron chi connectivity index (χ1n) is 14.8. The zero-order chi connectivity index (χ0) is 33.0. The number of aromatic nitrogens is 2. The van der Waals surface area contributed by atoms with E-state index in [0.717, 1.165) is 35.0 Å². The molecule has 1 aromatic heterocycles. The molecule has 0 unspecified atom stereocenters. The molecule has 6 nitrogen and oxygen atoms in total. The summed E-state index contributed by atoms with van der Waals surface area (Å²) in [6, 6.07) is 21.4. The first kappa shape index (κ1) is 35.9. The van der Waals surface area contributed by atoms with Crippen LogP contribution in [0.4, 0.5) is 5.82 Å². The third-order valence-electron chi connectivity index (χ3n) is 7.37. The second-order valence-electron chi connectivity index (χ2n) is 10.6. The highest BCUT2D eigenvalue weighted by molar-refractivity contribution is 6.30. The zero-order valence-electron chi connectivity index (χ0n) is 26.9. The maximum absolute atomic E-state index is 12.3. The second kappa shape index (κ2) is 16.5. The number of anilines is 1. The van der Waals surface area contributed by atoms with E-state index >= 15 is 0 Å². The fourth-order valence-corrected chi connectivity index (χ4v) is 5.05. The van der Waals surface area contributed by atoms with Crippen LogP contribution in [0, 0.1) is 20.8 Å². The molecule has 232 valence electrons. The third kappa shape index (κ3) is 9.10.